The van der Waals surface area contributed by atoms with Crippen LogP contribution in [0.15, 0.2) is 24.3 Å². The number of ether oxygens (including phenoxy) is 1. The first-order valence-electron chi connectivity index (χ1n) is 6.53. The van der Waals surface area contributed by atoms with Gasteiger partial charge >= 0.3 is 6.61 Å². The summed E-state index contributed by atoms with van der Waals surface area (Å²) < 4.78 is 28.2. The third-order valence-corrected chi connectivity index (χ3v) is 3.44. The molecule has 0 aromatic heterocycles. The maximum absolute atomic E-state index is 12.0. The first kappa shape index (κ1) is 13.1. The van der Waals surface area contributed by atoms with Gasteiger partial charge in [0.05, 0.1) is 0 Å². The Hall–Kier alpha value is -1.32. The minimum Gasteiger partial charge on any atom is -0.435 e. The van der Waals surface area contributed by atoms with E-state index in [0.717, 1.165) is 18.2 Å². The number of anilines is 1. The zero-order valence-corrected chi connectivity index (χ0v) is 10.4. The maximum Gasteiger partial charge on any atom is 0.387 e. The second kappa shape index (κ2) is 6.57. The third-order valence-electron chi connectivity index (χ3n) is 3.44. The lowest BCUT2D eigenvalue weighted by molar-refractivity contribution is -0.0498. The molecule has 0 atom stereocenters. The fourth-order valence-electron chi connectivity index (χ4n) is 2.47. The highest BCUT2D eigenvalue weighted by Gasteiger charge is 2.13. The molecule has 0 spiro atoms. The average Bonchev–Trinajstić information content (AvgIpc) is 2.84. The van der Waals surface area contributed by atoms with Gasteiger partial charge in [-0.25, -0.2) is 0 Å². The first-order chi connectivity index (χ1) is 8.74. The van der Waals surface area contributed by atoms with E-state index >= 15 is 0 Å². The van der Waals surface area contributed by atoms with Gasteiger partial charge < -0.3 is 10.1 Å². The van der Waals surface area contributed by atoms with E-state index in [-0.39, 0.29) is 5.75 Å². The van der Waals surface area contributed by atoms with Crippen molar-refractivity contribution in [3.8, 4) is 5.75 Å². The number of alkyl halides is 2. The Morgan fingerprint density at radius 3 is 2.44 bits per heavy atom. The standard InChI is InChI=1S/C14H19F2NO/c15-14(16)18-13-7-5-12(6-8-13)17-10-9-11-3-1-2-4-11/h5-8,11,14,17H,1-4,9-10H2. The van der Waals surface area contributed by atoms with Crippen molar-refractivity contribution in [1.82, 2.24) is 0 Å². The van der Waals surface area contributed by atoms with E-state index in [4.69, 9.17) is 0 Å². The molecule has 1 aliphatic rings. The lowest BCUT2D eigenvalue weighted by Gasteiger charge is -2.11. The second-order valence-electron chi connectivity index (χ2n) is 4.77. The number of benzene rings is 1. The molecule has 0 amide bonds. The molecular weight excluding hydrogens is 236 g/mol. The minimum atomic E-state index is -2.76. The van der Waals surface area contributed by atoms with Crippen molar-refractivity contribution in [2.45, 2.75) is 38.7 Å². The molecule has 0 heterocycles. The molecule has 1 aromatic carbocycles. The van der Waals surface area contributed by atoms with Crippen LogP contribution in [0, 0.1) is 5.92 Å². The normalized spacial score (nSPS) is 16.2. The Bertz CT molecular complexity index is 347. The van der Waals surface area contributed by atoms with E-state index in [9.17, 15) is 8.78 Å². The fraction of sp³-hybridized carbons (Fsp3) is 0.571. The van der Waals surface area contributed by atoms with Gasteiger partial charge in [0.2, 0.25) is 0 Å². The summed E-state index contributed by atoms with van der Waals surface area (Å²) >= 11 is 0. The van der Waals surface area contributed by atoms with E-state index in [0.29, 0.717) is 0 Å². The number of halogens is 2. The molecule has 1 aromatic rings. The summed E-state index contributed by atoms with van der Waals surface area (Å²) in [5, 5.41) is 3.31. The van der Waals surface area contributed by atoms with Gasteiger partial charge in [-0.15, -0.1) is 0 Å². The number of hydrogen-bond donors (Lipinski definition) is 1. The Kier molecular flexibility index (Phi) is 4.79. The Balaban J connectivity index is 1.72. The Labute approximate surface area is 106 Å². The van der Waals surface area contributed by atoms with Crippen molar-refractivity contribution in [3.05, 3.63) is 24.3 Å². The van der Waals surface area contributed by atoms with Gasteiger partial charge in [-0.3, -0.25) is 0 Å². The summed E-state index contributed by atoms with van der Waals surface area (Å²) in [6, 6.07) is 6.66. The molecule has 1 saturated carbocycles. The molecule has 0 bridgehead atoms. The molecule has 0 unspecified atom stereocenters. The van der Waals surface area contributed by atoms with Gasteiger partial charge in [-0.05, 0) is 36.6 Å². The van der Waals surface area contributed by atoms with E-state index in [1.807, 2.05) is 0 Å². The molecule has 2 nitrogen and oxygen atoms in total. The zero-order valence-electron chi connectivity index (χ0n) is 10.4. The highest BCUT2D eigenvalue weighted by Crippen LogP contribution is 2.27. The molecule has 100 valence electrons. The van der Waals surface area contributed by atoms with E-state index in [1.54, 1.807) is 24.3 Å². The molecule has 0 radical (unpaired) electrons. The van der Waals surface area contributed by atoms with Crippen molar-refractivity contribution in [1.29, 1.82) is 0 Å². The van der Waals surface area contributed by atoms with Crippen LogP contribution in [0.2, 0.25) is 0 Å². The van der Waals surface area contributed by atoms with Crippen LogP contribution in [-0.2, 0) is 0 Å². The number of hydrogen-bond acceptors (Lipinski definition) is 2. The lowest BCUT2D eigenvalue weighted by atomic mass is 10.0. The molecule has 0 saturated heterocycles. The summed E-state index contributed by atoms with van der Waals surface area (Å²) in [5.41, 5.74) is 0.953. The smallest absolute Gasteiger partial charge is 0.387 e. The van der Waals surface area contributed by atoms with Crippen LogP contribution in [0.25, 0.3) is 0 Å². The molecule has 2 rings (SSSR count). The predicted octanol–water partition coefficient (Wildman–Crippen LogP) is 4.28. The van der Waals surface area contributed by atoms with Crippen molar-refractivity contribution < 1.29 is 13.5 Å². The Morgan fingerprint density at radius 2 is 1.83 bits per heavy atom. The van der Waals surface area contributed by atoms with Crippen LogP contribution in [0.5, 0.6) is 5.75 Å². The van der Waals surface area contributed by atoms with E-state index in [1.165, 1.54) is 32.1 Å². The molecule has 4 heteroatoms. The minimum absolute atomic E-state index is 0.200. The molecule has 18 heavy (non-hydrogen) atoms. The van der Waals surface area contributed by atoms with Gasteiger partial charge in [0.25, 0.3) is 0 Å². The van der Waals surface area contributed by atoms with Crippen molar-refractivity contribution in [2.75, 3.05) is 11.9 Å². The molecule has 0 aliphatic heterocycles. The van der Waals surface area contributed by atoms with Crippen LogP contribution in [-0.4, -0.2) is 13.2 Å². The second-order valence-corrected chi connectivity index (χ2v) is 4.77. The zero-order chi connectivity index (χ0) is 12.8. The first-order valence-corrected chi connectivity index (χ1v) is 6.53. The molecule has 1 fully saturated rings. The predicted molar refractivity (Wildman–Crippen MR) is 68.1 cm³/mol. The summed E-state index contributed by atoms with van der Waals surface area (Å²) in [4.78, 5) is 0. The van der Waals surface area contributed by atoms with Gasteiger partial charge in [0.15, 0.2) is 0 Å². The fourth-order valence-corrected chi connectivity index (χ4v) is 2.47. The highest BCUT2D eigenvalue weighted by atomic mass is 19.3. The van der Waals surface area contributed by atoms with Gasteiger partial charge in [-0.1, -0.05) is 25.7 Å². The third kappa shape index (κ3) is 4.17. The van der Waals surface area contributed by atoms with E-state index < -0.39 is 6.61 Å². The quantitative estimate of drug-likeness (QED) is 0.819. The summed E-state index contributed by atoms with van der Waals surface area (Å²) in [7, 11) is 0. The van der Waals surface area contributed by atoms with Crippen LogP contribution in [0.1, 0.15) is 32.1 Å². The topological polar surface area (TPSA) is 21.3 Å². The number of nitrogens with one attached hydrogen (secondary N) is 1. The molecule has 1 N–H and O–H groups in total. The highest BCUT2D eigenvalue weighted by molar-refractivity contribution is 5.46. The van der Waals surface area contributed by atoms with Crippen molar-refractivity contribution in [3.63, 3.8) is 0 Å². The SMILES string of the molecule is FC(F)Oc1ccc(NCCC2CCCC2)cc1. The van der Waals surface area contributed by atoms with Gasteiger partial charge in [-0.2, -0.15) is 8.78 Å². The van der Waals surface area contributed by atoms with Crippen LogP contribution in [0.4, 0.5) is 14.5 Å². The van der Waals surface area contributed by atoms with Crippen molar-refractivity contribution >= 4 is 5.69 Å². The van der Waals surface area contributed by atoms with Gasteiger partial charge in [0.1, 0.15) is 5.75 Å². The van der Waals surface area contributed by atoms with E-state index in [2.05, 4.69) is 10.1 Å². The van der Waals surface area contributed by atoms with Crippen LogP contribution < -0.4 is 10.1 Å². The monoisotopic (exact) mass is 255 g/mol. The summed E-state index contributed by atoms with van der Waals surface area (Å²) in [6.07, 6.45) is 6.62. The summed E-state index contributed by atoms with van der Waals surface area (Å²) in [5.74, 6) is 1.06. The van der Waals surface area contributed by atoms with Crippen LogP contribution in [0.3, 0.4) is 0 Å². The molecule has 1 aliphatic carbocycles. The summed E-state index contributed by atoms with van der Waals surface area (Å²) in [6.45, 7) is -1.81. The maximum atomic E-state index is 12.0. The van der Waals surface area contributed by atoms with Gasteiger partial charge in [0, 0.05) is 12.2 Å². The van der Waals surface area contributed by atoms with Crippen molar-refractivity contribution in [2.24, 2.45) is 5.92 Å². The lowest BCUT2D eigenvalue weighted by Crippen LogP contribution is -2.06. The largest absolute Gasteiger partial charge is 0.435 e. The Morgan fingerprint density at radius 1 is 1.17 bits per heavy atom. The average molecular weight is 255 g/mol. The number of rotatable bonds is 6. The molecular formula is C14H19F2NO. The van der Waals surface area contributed by atoms with Crippen LogP contribution >= 0.6 is 0 Å².